The van der Waals surface area contributed by atoms with Gasteiger partial charge < -0.3 is 10.6 Å². The van der Waals surface area contributed by atoms with Crippen molar-refractivity contribution >= 4 is 18.3 Å². The highest BCUT2D eigenvalue weighted by Gasteiger charge is 2.34. The van der Waals surface area contributed by atoms with Gasteiger partial charge in [0, 0.05) is 31.0 Å². The van der Waals surface area contributed by atoms with Crippen molar-refractivity contribution in [3.63, 3.8) is 0 Å². The molecule has 0 saturated carbocycles. The molecule has 3 nitrogen and oxygen atoms in total. The molecule has 0 spiro atoms. The third kappa shape index (κ3) is 4.97. The summed E-state index contributed by atoms with van der Waals surface area (Å²) in [5.74, 6) is 1.72. The van der Waals surface area contributed by atoms with Crippen molar-refractivity contribution in [3.8, 4) is 0 Å². The Balaban J connectivity index is 0.00000208. The zero-order chi connectivity index (χ0) is 16.2. The number of fused-ring (bicyclic) bond motifs is 2. The summed E-state index contributed by atoms with van der Waals surface area (Å²) in [7, 11) is 0. The zero-order valence-corrected chi connectivity index (χ0v) is 15.6. The average molecular weight is 351 g/mol. The van der Waals surface area contributed by atoms with Crippen LogP contribution in [0.3, 0.4) is 0 Å². The third-order valence-electron chi connectivity index (χ3n) is 5.60. The SMILES string of the molecule is CC(C)C(CNC(=O)CC1CC2CCC(C1)N2)c1ccccc1.Cl. The minimum absolute atomic E-state index is 0. The number of carbonyl (C=O) groups is 1. The molecule has 2 N–H and O–H groups in total. The molecule has 3 atom stereocenters. The molecule has 0 radical (unpaired) electrons. The van der Waals surface area contributed by atoms with E-state index >= 15 is 0 Å². The minimum Gasteiger partial charge on any atom is -0.355 e. The summed E-state index contributed by atoms with van der Waals surface area (Å²) < 4.78 is 0. The van der Waals surface area contributed by atoms with Gasteiger partial charge in [-0.1, -0.05) is 44.2 Å². The van der Waals surface area contributed by atoms with Crippen LogP contribution in [-0.2, 0) is 4.79 Å². The number of benzene rings is 1. The lowest BCUT2D eigenvalue weighted by Gasteiger charge is -2.29. The predicted octanol–water partition coefficient (Wildman–Crippen LogP) is 3.88. The van der Waals surface area contributed by atoms with Crippen molar-refractivity contribution in [1.29, 1.82) is 0 Å². The molecule has 2 saturated heterocycles. The van der Waals surface area contributed by atoms with Crippen molar-refractivity contribution in [2.45, 2.75) is 64.0 Å². The topological polar surface area (TPSA) is 41.1 Å². The number of rotatable bonds is 6. The van der Waals surface area contributed by atoms with Gasteiger partial charge in [-0.3, -0.25) is 4.79 Å². The fourth-order valence-electron chi connectivity index (χ4n) is 4.34. The Labute approximate surface area is 152 Å². The van der Waals surface area contributed by atoms with Crippen LogP contribution in [-0.4, -0.2) is 24.5 Å². The molecule has 0 aliphatic carbocycles. The largest absolute Gasteiger partial charge is 0.355 e. The molecule has 24 heavy (non-hydrogen) atoms. The summed E-state index contributed by atoms with van der Waals surface area (Å²) in [6.45, 7) is 5.21. The second kappa shape index (κ2) is 8.87. The molecule has 3 rings (SSSR count). The third-order valence-corrected chi connectivity index (χ3v) is 5.60. The first-order chi connectivity index (χ1) is 11.1. The molecule has 1 aromatic rings. The maximum atomic E-state index is 12.4. The molecule has 2 fully saturated rings. The van der Waals surface area contributed by atoms with Gasteiger partial charge in [0.2, 0.25) is 5.91 Å². The summed E-state index contributed by atoms with van der Waals surface area (Å²) in [6.07, 6.45) is 5.65. The van der Waals surface area contributed by atoms with Gasteiger partial charge in [-0.2, -0.15) is 0 Å². The summed E-state index contributed by atoms with van der Waals surface area (Å²) >= 11 is 0. The van der Waals surface area contributed by atoms with Crippen LogP contribution in [0.1, 0.15) is 57.4 Å². The normalized spacial score (nSPS) is 26.7. The first-order valence-corrected chi connectivity index (χ1v) is 9.19. The average Bonchev–Trinajstić information content (AvgIpc) is 2.87. The number of halogens is 1. The van der Waals surface area contributed by atoms with Crippen LogP contribution in [0, 0.1) is 11.8 Å². The Bertz CT molecular complexity index is 508. The van der Waals surface area contributed by atoms with Crippen LogP contribution >= 0.6 is 12.4 Å². The minimum atomic E-state index is 0. The highest BCUT2D eigenvalue weighted by atomic mass is 35.5. The van der Waals surface area contributed by atoms with E-state index in [-0.39, 0.29) is 18.3 Å². The lowest BCUT2D eigenvalue weighted by Crippen LogP contribution is -2.40. The van der Waals surface area contributed by atoms with Gasteiger partial charge >= 0.3 is 0 Å². The summed E-state index contributed by atoms with van der Waals surface area (Å²) in [5.41, 5.74) is 1.32. The number of piperidine rings is 1. The molecule has 2 aliphatic heterocycles. The van der Waals surface area contributed by atoms with E-state index in [2.05, 4.69) is 48.7 Å². The fourth-order valence-corrected chi connectivity index (χ4v) is 4.34. The smallest absolute Gasteiger partial charge is 0.220 e. The summed E-state index contributed by atoms with van der Waals surface area (Å²) in [5, 5.41) is 6.85. The molecular weight excluding hydrogens is 320 g/mol. The molecule has 4 heteroatoms. The van der Waals surface area contributed by atoms with E-state index in [1.807, 2.05) is 6.07 Å². The van der Waals surface area contributed by atoms with Crippen molar-refractivity contribution in [2.75, 3.05) is 6.54 Å². The Morgan fingerprint density at radius 2 is 1.79 bits per heavy atom. The molecule has 134 valence electrons. The summed E-state index contributed by atoms with van der Waals surface area (Å²) in [6, 6.07) is 11.9. The first-order valence-electron chi connectivity index (χ1n) is 9.19. The molecule has 2 heterocycles. The first kappa shape index (κ1) is 19.3. The van der Waals surface area contributed by atoms with Crippen LogP contribution in [0.25, 0.3) is 0 Å². The lowest BCUT2D eigenvalue weighted by atomic mass is 9.87. The Morgan fingerprint density at radius 3 is 2.38 bits per heavy atom. The van der Waals surface area contributed by atoms with Gasteiger partial charge in [0.1, 0.15) is 0 Å². The second-order valence-electron chi connectivity index (χ2n) is 7.74. The van der Waals surface area contributed by atoms with E-state index in [9.17, 15) is 4.79 Å². The van der Waals surface area contributed by atoms with Gasteiger partial charge in [0.15, 0.2) is 0 Å². The van der Waals surface area contributed by atoms with Gasteiger partial charge in [-0.05, 0) is 43.1 Å². The van der Waals surface area contributed by atoms with Crippen LogP contribution in [0.4, 0.5) is 0 Å². The molecule has 1 amide bonds. The van der Waals surface area contributed by atoms with E-state index in [4.69, 9.17) is 0 Å². The number of hydrogen-bond acceptors (Lipinski definition) is 2. The number of carbonyl (C=O) groups excluding carboxylic acids is 1. The van der Waals surface area contributed by atoms with E-state index in [0.29, 0.717) is 36.3 Å². The molecule has 3 unspecified atom stereocenters. The van der Waals surface area contributed by atoms with Crippen molar-refractivity contribution < 1.29 is 4.79 Å². The zero-order valence-electron chi connectivity index (χ0n) is 14.8. The lowest BCUT2D eigenvalue weighted by molar-refractivity contribution is -0.122. The Kier molecular flexibility index (Phi) is 7.12. The molecule has 0 aromatic heterocycles. The summed E-state index contributed by atoms with van der Waals surface area (Å²) in [4.78, 5) is 12.4. The maximum absolute atomic E-state index is 12.4. The molecule has 2 aliphatic rings. The molecule has 2 bridgehead atoms. The van der Waals surface area contributed by atoms with Crippen LogP contribution in [0.2, 0.25) is 0 Å². The van der Waals surface area contributed by atoms with Crippen molar-refractivity contribution in [1.82, 2.24) is 10.6 Å². The highest BCUT2D eigenvalue weighted by molar-refractivity contribution is 5.85. The van der Waals surface area contributed by atoms with Gasteiger partial charge in [-0.25, -0.2) is 0 Å². The standard InChI is InChI=1S/C20H30N2O.ClH/c1-14(2)19(16-6-4-3-5-7-16)13-21-20(23)12-15-10-17-8-9-18(11-15)22-17;/h3-7,14-15,17-19,22H,8-13H2,1-2H3,(H,21,23);1H. The van der Waals surface area contributed by atoms with Crippen LogP contribution < -0.4 is 10.6 Å². The maximum Gasteiger partial charge on any atom is 0.220 e. The Morgan fingerprint density at radius 1 is 1.17 bits per heavy atom. The van der Waals surface area contributed by atoms with E-state index in [0.717, 1.165) is 6.54 Å². The fraction of sp³-hybridized carbons (Fsp3) is 0.650. The molecular formula is C20H31ClN2O. The van der Waals surface area contributed by atoms with Crippen molar-refractivity contribution in [3.05, 3.63) is 35.9 Å². The van der Waals surface area contributed by atoms with E-state index < -0.39 is 0 Å². The number of amides is 1. The van der Waals surface area contributed by atoms with E-state index in [1.165, 1.54) is 31.2 Å². The Hall–Kier alpha value is -1.06. The second-order valence-corrected chi connectivity index (χ2v) is 7.74. The van der Waals surface area contributed by atoms with Gasteiger partial charge in [0.05, 0.1) is 0 Å². The van der Waals surface area contributed by atoms with Crippen molar-refractivity contribution in [2.24, 2.45) is 11.8 Å². The highest BCUT2D eigenvalue weighted by Crippen LogP contribution is 2.32. The van der Waals surface area contributed by atoms with Crippen LogP contribution in [0.5, 0.6) is 0 Å². The molecule has 1 aromatic carbocycles. The monoisotopic (exact) mass is 350 g/mol. The van der Waals surface area contributed by atoms with E-state index in [1.54, 1.807) is 0 Å². The van der Waals surface area contributed by atoms with Gasteiger partial charge in [-0.15, -0.1) is 12.4 Å². The predicted molar refractivity (Wildman–Crippen MR) is 102 cm³/mol. The van der Waals surface area contributed by atoms with Crippen LogP contribution in [0.15, 0.2) is 30.3 Å². The van der Waals surface area contributed by atoms with Gasteiger partial charge in [0.25, 0.3) is 0 Å². The number of hydrogen-bond donors (Lipinski definition) is 2. The quantitative estimate of drug-likeness (QED) is 0.817. The number of nitrogens with one attached hydrogen (secondary N) is 2.